The second kappa shape index (κ2) is 6.07. The van der Waals surface area contributed by atoms with Gasteiger partial charge in [0.25, 0.3) is 5.91 Å². The lowest BCUT2D eigenvalue weighted by Gasteiger charge is -2.02. The van der Waals surface area contributed by atoms with Gasteiger partial charge in [-0.05, 0) is 12.8 Å². The van der Waals surface area contributed by atoms with Crippen LogP contribution in [0.4, 0.5) is 0 Å². The van der Waals surface area contributed by atoms with Gasteiger partial charge in [-0.15, -0.1) is 15.3 Å². The predicted molar refractivity (Wildman–Crippen MR) is 89.4 cm³/mol. The van der Waals surface area contributed by atoms with E-state index in [1.54, 1.807) is 0 Å². The van der Waals surface area contributed by atoms with Crippen LogP contribution in [-0.4, -0.2) is 31.1 Å². The lowest BCUT2D eigenvalue weighted by Crippen LogP contribution is -2.23. The van der Waals surface area contributed by atoms with Gasteiger partial charge in [-0.2, -0.15) is 5.26 Å². The van der Waals surface area contributed by atoms with Crippen LogP contribution in [0.3, 0.4) is 0 Å². The molecule has 0 aliphatic heterocycles. The third-order valence-corrected chi connectivity index (χ3v) is 4.96. The third-order valence-electron chi connectivity index (χ3n) is 3.98. The van der Waals surface area contributed by atoms with Crippen molar-refractivity contribution in [3.8, 4) is 16.6 Å². The maximum atomic E-state index is 12.2. The minimum atomic E-state index is -0.616. The highest BCUT2D eigenvalue weighted by atomic mass is 32.1. The molecule has 25 heavy (non-hydrogen) atoms. The van der Waals surface area contributed by atoms with Gasteiger partial charge >= 0.3 is 0 Å². The molecule has 1 amide bonds. The van der Waals surface area contributed by atoms with Crippen LogP contribution in [0.25, 0.3) is 10.6 Å². The zero-order chi connectivity index (χ0) is 17.3. The number of carbonyl (C=O) groups is 1. The van der Waals surface area contributed by atoms with Gasteiger partial charge in [0, 0.05) is 5.56 Å². The zero-order valence-electron chi connectivity index (χ0n) is 13.1. The minimum Gasteiger partial charge on any atom is -0.344 e. The lowest BCUT2D eigenvalue weighted by atomic mass is 10.2. The molecule has 0 bridgehead atoms. The Labute approximate surface area is 147 Å². The van der Waals surface area contributed by atoms with Gasteiger partial charge in [-0.3, -0.25) is 4.79 Å². The van der Waals surface area contributed by atoms with Crippen LogP contribution < -0.4 is 5.32 Å². The molecule has 0 spiro atoms. The average Bonchev–Trinajstić information content (AvgIpc) is 3.08. The Bertz CT molecular complexity index is 952. The number of nitrogens with zero attached hydrogens (tertiary/aromatic N) is 6. The molecule has 0 atom stereocenters. The smallest absolute Gasteiger partial charge is 0.273 e. The molecule has 1 aromatic carbocycles. The maximum Gasteiger partial charge on any atom is 0.273 e. The molecule has 3 aromatic rings. The molecule has 1 aliphatic rings. The maximum absolute atomic E-state index is 12.2. The largest absolute Gasteiger partial charge is 0.344 e. The predicted octanol–water partition coefficient (Wildman–Crippen LogP) is 1.74. The van der Waals surface area contributed by atoms with Crippen LogP contribution in [0.15, 0.2) is 36.5 Å². The number of amides is 1. The molecule has 0 radical (unpaired) electrons. The summed E-state index contributed by atoms with van der Waals surface area (Å²) in [4.78, 5) is 12.2. The van der Waals surface area contributed by atoms with Gasteiger partial charge in [0.2, 0.25) is 0 Å². The second-order valence-corrected chi connectivity index (χ2v) is 6.80. The molecule has 2 heterocycles. The lowest BCUT2D eigenvalue weighted by molar-refractivity contribution is 0.0945. The molecular formula is C16H13N7OS. The van der Waals surface area contributed by atoms with Crippen molar-refractivity contribution in [3.05, 3.63) is 47.2 Å². The summed E-state index contributed by atoms with van der Waals surface area (Å²) in [5, 5.41) is 29.4. The van der Waals surface area contributed by atoms with E-state index in [0.29, 0.717) is 5.01 Å². The molecule has 1 N–H and O–H groups in total. The first-order valence-corrected chi connectivity index (χ1v) is 8.52. The van der Waals surface area contributed by atoms with Crippen molar-refractivity contribution in [3.63, 3.8) is 0 Å². The van der Waals surface area contributed by atoms with Gasteiger partial charge < -0.3 is 5.32 Å². The SMILES string of the molecule is N#CC1(n2cc(C(=O)NCc3nnc(-c4ccccc4)s3)nn2)CC1. The number of hydrogen-bond acceptors (Lipinski definition) is 7. The Morgan fingerprint density at radius 3 is 2.80 bits per heavy atom. The molecule has 1 aliphatic carbocycles. The van der Waals surface area contributed by atoms with E-state index >= 15 is 0 Å². The van der Waals surface area contributed by atoms with Gasteiger partial charge in [0.1, 0.15) is 10.0 Å². The van der Waals surface area contributed by atoms with E-state index in [1.165, 1.54) is 22.2 Å². The summed E-state index contributed by atoms with van der Waals surface area (Å²) >= 11 is 1.42. The minimum absolute atomic E-state index is 0.189. The van der Waals surface area contributed by atoms with E-state index < -0.39 is 5.54 Å². The summed E-state index contributed by atoms with van der Waals surface area (Å²) in [6.45, 7) is 0.263. The highest BCUT2D eigenvalue weighted by Crippen LogP contribution is 2.41. The third kappa shape index (κ3) is 2.99. The Kier molecular flexibility index (Phi) is 3.74. The van der Waals surface area contributed by atoms with E-state index in [0.717, 1.165) is 23.4 Å². The Hall–Kier alpha value is -3.12. The van der Waals surface area contributed by atoms with Crippen LogP contribution in [0.2, 0.25) is 0 Å². The zero-order valence-corrected chi connectivity index (χ0v) is 13.9. The first-order valence-electron chi connectivity index (χ1n) is 7.70. The van der Waals surface area contributed by atoms with E-state index in [2.05, 4.69) is 31.9 Å². The molecule has 0 saturated heterocycles. The summed E-state index contributed by atoms with van der Waals surface area (Å²) in [5.74, 6) is -0.351. The Morgan fingerprint density at radius 2 is 2.08 bits per heavy atom. The van der Waals surface area contributed by atoms with Crippen LogP contribution in [-0.2, 0) is 12.1 Å². The van der Waals surface area contributed by atoms with E-state index in [1.807, 2.05) is 30.3 Å². The fourth-order valence-electron chi connectivity index (χ4n) is 2.36. The molecule has 1 saturated carbocycles. The topological polar surface area (TPSA) is 109 Å². The average molecular weight is 351 g/mol. The van der Waals surface area contributed by atoms with Gasteiger partial charge in [-0.25, -0.2) is 4.68 Å². The fraction of sp³-hybridized carbons (Fsp3) is 0.250. The number of hydrogen-bond donors (Lipinski definition) is 1. The molecule has 8 nitrogen and oxygen atoms in total. The number of nitriles is 1. The van der Waals surface area contributed by atoms with E-state index in [4.69, 9.17) is 5.26 Å². The first-order chi connectivity index (χ1) is 12.2. The molecule has 0 unspecified atom stereocenters. The van der Waals surface area contributed by atoms with Crippen LogP contribution in [0.1, 0.15) is 28.3 Å². The van der Waals surface area contributed by atoms with Crippen molar-refractivity contribution < 1.29 is 4.79 Å². The van der Waals surface area contributed by atoms with Crippen molar-refractivity contribution >= 4 is 17.2 Å². The Balaban J connectivity index is 1.40. The van der Waals surface area contributed by atoms with Crippen LogP contribution >= 0.6 is 11.3 Å². The van der Waals surface area contributed by atoms with Gasteiger partial charge in [-0.1, -0.05) is 46.9 Å². The summed E-state index contributed by atoms with van der Waals surface area (Å²) in [7, 11) is 0. The van der Waals surface area contributed by atoms with Gasteiger partial charge in [0.05, 0.1) is 18.8 Å². The quantitative estimate of drug-likeness (QED) is 0.750. The van der Waals surface area contributed by atoms with Crippen molar-refractivity contribution in [1.29, 1.82) is 5.26 Å². The van der Waals surface area contributed by atoms with Gasteiger partial charge in [0.15, 0.2) is 11.2 Å². The van der Waals surface area contributed by atoms with Crippen molar-refractivity contribution in [2.75, 3.05) is 0 Å². The van der Waals surface area contributed by atoms with E-state index in [-0.39, 0.29) is 18.1 Å². The molecule has 124 valence electrons. The molecule has 1 fully saturated rings. The fourth-order valence-corrected chi connectivity index (χ4v) is 3.14. The first kappa shape index (κ1) is 15.4. The number of rotatable bonds is 5. The highest BCUT2D eigenvalue weighted by molar-refractivity contribution is 7.14. The second-order valence-electron chi connectivity index (χ2n) is 5.74. The monoisotopic (exact) mass is 351 g/mol. The standard InChI is InChI=1S/C16H13N7OS/c17-10-16(6-7-16)23-9-12(19-22-23)14(24)18-8-13-20-21-15(25-13)11-4-2-1-3-5-11/h1-5,9H,6-8H2,(H,18,24). The summed E-state index contributed by atoms with van der Waals surface area (Å²) in [5.41, 5.74) is 0.566. The van der Waals surface area contributed by atoms with Crippen LogP contribution in [0, 0.1) is 11.3 Å². The summed E-state index contributed by atoms with van der Waals surface area (Å²) in [6, 6.07) is 12.0. The number of nitrogens with one attached hydrogen (secondary N) is 1. The van der Waals surface area contributed by atoms with Crippen LogP contribution in [0.5, 0.6) is 0 Å². The number of carbonyl (C=O) groups excluding carboxylic acids is 1. The molecule has 9 heteroatoms. The molecular weight excluding hydrogens is 338 g/mol. The normalized spacial score (nSPS) is 14.7. The molecule has 2 aromatic heterocycles. The van der Waals surface area contributed by atoms with Crippen molar-refractivity contribution in [1.82, 2.24) is 30.5 Å². The molecule has 4 rings (SSSR count). The summed E-state index contributed by atoms with van der Waals surface area (Å²) in [6.07, 6.45) is 2.99. The number of benzene rings is 1. The highest BCUT2D eigenvalue weighted by Gasteiger charge is 2.46. The van der Waals surface area contributed by atoms with E-state index in [9.17, 15) is 4.79 Å². The number of aromatic nitrogens is 5. The summed E-state index contributed by atoms with van der Waals surface area (Å²) < 4.78 is 1.47. The van der Waals surface area contributed by atoms with Crippen molar-refractivity contribution in [2.24, 2.45) is 0 Å². The Morgan fingerprint density at radius 1 is 1.28 bits per heavy atom. The van der Waals surface area contributed by atoms with Crippen molar-refractivity contribution in [2.45, 2.75) is 24.9 Å².